The molecule has 8 nitrogen and oxygen atoms in total. The number of hydrogen-bond donors (Lipinski definition) is 1. The molecule has 1 aromatic heterocycles. The largest absolute Gasteiger partial charge is 0.507 e. The third-order valence-corrected chi connectivity index (χ3v) is 6.19. The summed E-state index contributed by atoms with van der Waals surface area (Å²) in [6, 6.07) is 14.6. The third-order valence-electron chi connectivity index (χ3n) is 5.30. The Bertz CT molecular complexity index is 1250. The number of aliphatic hydroxyl groups is 1. The molecule has 0 radical (unpaired) electrons. The Morgan fingerprint density at radius 1 is 1.12 bits per heavy atom. The number of thiazole rings is 1. The maximum atomic E-state index is 13.2. The summed E-state index contributed by atoms with van der Waals surface area (Å²) in [6.45, 7) is 1.97. The van der Waals surface area contributed by atoms with Gasteiger partial charge in [0.25, 0.3) is 5.78 Å². The summed E-state index contributed by atoms with van der Waals surface area (Å²) in [6.07, 6.45) is -0.0455. The molecule has 0 saturated carbocycles. The van der Waals surface area contributed by atoms with E-state index >= 15 is 0 Å². The molecule has 1 saturated heterocycles. The van der Waals surface area contributed by atoms with Crippen LogP contribution < -0.4 is 9.64 Å². The van der Waals surface area contributed by atoms with E-state index in [0.29, 0.717) is 22.6 Å². The van der Waals surface area contributed by atoms with E-state index in [1.165, 1.54) is 12.0 Å². The van der Waals surface area contributed by atoms with Crippen molar-refractivity contribution >= 4 is 39.9 Å². The lowest BCUT2D eigenvalue weighted by Gasteiger charge is -2.23. The van der Waals surface area contributed by atoms with E-state index in [-0.39, 0.29) is 29.5 Å². The van der Waals surface area contributed by atoms with Crippen molar-refractivity contribution in [2.24, 2.45) is 0 Å². The lowest BCUT2D eigenvalue weighted by atomic mass is 9.95. The first kappa shape index (κ1) is 23.2. The molecule has 4 rings (SSSR count). The molecule has 34 heavy (non-hydrogen) atoms. The summed E-state index contributed by atoms with van der Waals surface area (Å²) in [4.78, 5) is 43.8. The second-order valence-electron chi connectivity index (χ2n) is 7.41. The molecule has 1 N–H and O–H groups in total. The molecule has 0 aliphatic carbocycles. The average Bonchev–Trinajstić information content (AvgIpc) is 3.41. The summed E-state index contributed by atoms with van der Waals surface area (Å²) in [5, 5.41) is 13.0. The molecule has 1 aliphatic heterocycles. The molecule has 174 valence electrons. The molecule has 1 fully saturated rings. The second kappa shape index (κ2) is 9.88. The fourth-order valence-corrected chi connectivity index (χ4v) is 4.58. The zero-order valence-electron chi connectivity index (χ0n) is 18.6. The smallest absolute Gasteiger partial charge is 0.311 e. The van der Waals surface area contributed by atoms with Crippen molar-refractivity contribution in [3.05, 3.63) is 82.4 Å². The Kier molecular flexibility index (Phi) is 6.74. The number of hydrogen-bond acceptors (Lipinski definition) is 8. The molecule has 0 bridgehead atoms. The fraction of sp³-hybridized carbons (Fsp3) is 0.200. The van der Waals surface area contributed by atoms with Gasteiger partial charge < -0.3 is 14.6 Å². The standard InChI is InChI=1S/C25H22N2O6S/c1-3-33-19(28)13-17-14-34-25(26-17)27-21(15-7-5-4-6-8-15)20(23(30)24(27)31)22(29)16-9-11-18(32-2)12-10-16/h4-12,14,21,29H,3,13H2,1-2H3. The van der Waals surface area contributed by atoms with Gasteiger partial charge in [-0.1, -0.05) is 30.3 Å². The Morgan fingerprint density at radius 2 is 1.82 bits per heavy atom. The number of amides is 1. The van der Waals surface area contributed by atoms with Gasteiger partial charge in [-0.05, 0) is 36.8 Å². The van der Waals surface area contributed by atoms with Crippen molar-refractivity contribution in [3.63, 3.8) is 0 Å². The van der Waals surface area contributed by atoms with Crippen LogP contribution in [0.15, 0.2) is 65.6 Å². The number of aromatic nitrogens is 1. The van der Waals surface area contributed by atoms with Crippen LogP contribution in [0.2, 0.25) is 0 Å². The molecule has 2 heterocycles. The van der Waals surface area contributed by atoms with Crippen LogP contribution in [0.3, 0.4) is 0 Å². The predicted octanol–water partition coefficient (Wildman–Crippen LogP) is 3.88. The lowest BCUT2D eigenvalue weighted by Crippen LogP contribution is -2.29. The minimum Gasteiger partial charge on any atom is -0.507 e. The number of rotatable bonds is 7. The Balaban J connectivity index is 1.79. The van der Waals surface area contributed by atoms with Crippen LogP contribution in [0.4, 0.5) is 5.13 Å². The molecule has 2 aromatic carbocycles. The number of aliphatic hydroxyl groups excluding tert-OH is 1. The number of ether oxygens (including phenoxy) is 2. The number of methoxy groups -OCH3 is 1. The first-order valence-electron chi connectivity index (χ1n) is 10.5. The van der Waals surface area contributed by atoms with Crippen molar-refractivity contribution in [2.45, 2.75) is 19.4 Å². The van der Waals surface area contributed by atoms with Crippen LogP contribution in [0.5, 0.6) is 5.75 Å². The van der Waals surface area contributed by atoms with Gasteiger partial charge in [-0.3, -0.25) is 19.3 Å². The summed E-state index contributed by atoms with van der Waals surface area (Å²) >= 11 is 1.14. The summed E-state index contributed by atoms with van der Waals surface area (Å²) < 4.78 is 10.1. The number of benzene rings is 2. The van der Waals surface area contributed by atoms with Gasteiger partial charge in [0.15, 0.2) is 5.13 Å². The van der Waals surface area contributed by atoms with Crippen LogP contribution in [-0.4, -0.2) is 41.5 Å². The number of nitrogens with zero attached hydrogens (tertiary/aromatic N) is 2. The highest BCUT2D eigenvalue weighted by molar-refractivity contribution is 7.14. The zero-order chi connectivity index (χ0) is 24.2. The van der Waals surface area contributed by atoms with Crippen LogP contribution in [0.1, 0.15) is 29.8 Å². The summed E-state index contributed by atoms with van der Waals surface area (Å²) in [5.41, 5.74) is 1.41. The van der Waals surface area contributed by atoms with Gasteiger partial charge in [-0.25, -0.2) is 4.98 Å². The van der Waals surface area contributed by atoms with E-state index < -0.39 is 23.7 Å². The zero-order valence-corrected chi connectivity index (χ0v) is 19.4. The molecule has 1 atom stereocenters. The van der Waals surface area contributed by atoms with E-state index in [0.717, 1.165) is 11.3 Å². The quantitative estimate of drug-likeness (QED) is 0.238. The highest BCUT2D eigenvalue weighted by Crippen LogP contribution is 2.43. The van der Waals surface area contributed by atoms with Crippen LogP contribution in [-0.2, 0) is 25.5 Å². The number of ketones is 1. The molecular formula is C25H22N2O6S. The van der Waals surface area contributed by atoms with Crippen LogP contribution in [0, 0.1) is 0 Å². The Morgan fingerprint density at radius 3 is 2.47 bits per heavy atom. The van der Waals surface area contributed by atoms with Crippen molar-refractivity contribution in [2.75, 3.05) is 18.6 Å². The number of anilines is 1. The predicted molar refractivity (Wildman–Crippen MR) is 127 cm³/mol. The maximum Gasteiger partial charge on any atom is 0.311 e. The normalized spacial score (nSPS) is 17.1. The summed E-state index contributed by atoms with van der Waals surface area (Å²) in [5.74, 6) is -1.75. The van der Waals surface area contributed by atoms with Crippen LogP contribution >= 0.6 is 11.3 Å². The van der Waals surface area contributed by atoms with E-state index in [1.54, 1.807) is 60.8 Å². The SMILES string of the molecule is CCOC(=O)Cc1csc(N2C(=O)C(=O)C(=C(O)c3ccc(OC)cc3)C2c2ccccc2)n1. The van der Waals surface area contributed by atoms with Crippen molar-refractivity contribution in [3.8, 4) is 5.75 Å². The third kappa shape index (κ3) is 4.42. The molecule has 1 unspecified atom stereocenters. The Hall–Kier alpha value is -3.98. The second-order valence-corrected chi connectivity index (χ2v) is 8.25. The number of carbonyl (C=O) groups is 3. The van der Waals surface area contributed by atoms with E-state index in [2.05, 4.69) is 4.98 Å². The number of carbonyl (C=O) groups excluding carboxylic acids is 3. The summed E-state index contributed by atoms with van der Waals surface area (Å²) in [7, 11) is 1.53. The first-order valence-corrected chi connectivity index (χ1v) is 11.4. The van der Waals surface area contributed by atoms with E-state index in [1.807, 2.05) is 6.07 Å². The molecule has 3 aromatic rings. The number of esters is 1. The highest BCUT2D eigenvalue weighted by atomic mass is 32.1. The number of Topliss-reactive ketones (excluding diaryl/α,β-unsaturated/α-hetero) is 1. The minimum absolute atomic E-state index is 0.0384. The van der Waals surface area contributed by atoms with Gasteiger partial charge in [0.2, 0.25) is 0 Å². The first-order chi connectivity index (χ1) is 16.4. The van der Waals surface area contributed by atoms with Crippen LogP contribution in [0.25, 0.3) is 5.76 Å². The van der Waals surface area contributed by atoms with Crippen molar-refractivity contribution in [1.29, 1.82) is 0 Å². The van der Waals surface area contributed by atoms with E-state index in [4.69, 9.17) is 9.47 Å². The fourth-order valence-electron chi connectivity index (χ4n) is 3.73. The van der Waals surface area contributed by atoms with Gasteiger partial charge in [-0.2, -0.15) is 0 Å². The topological polar surface area (TPSA) is 106 Å². The van der Waals surface area contributed by atoms with Gasteiger partial charge in [-0.15, -0.1) is 11.3 Å². The Labute approximate surface area is 200 Å². The lowest BCUT2D eigenvalue weighted by molar-refractivity contribution is -0.142. The van der Waals surface area contributed by atoms with Gasteiger partial charge in [0.1, 0.15) is 11.5 Å². The monoisotopic (exact) mass is 478 g/mol. The van der Waals surface area contributed by atoms with Gasteiger partial charge >= 0.3 is 11.9 Å². The molecule has 9 heteroatoms. The molecule has 0 spiro atoms. The molecule has 1 aliphatic rings. The van der Waals surface area contributed by atoms with Gasteiger partial charge in [0.05, 0.1) is 37.4 Å². The van der Waals surface area contributed by atoms with Gasteiger partial charge in [0, 0.05) is 10.9 Å². The highest BCUT2D eigenvalue weighted by Gasteiger charge is 2.48. The average molecular weight is 479 g/mol. The minimum atomic E-state index is -0.884. The molecular weight excluding hydrogens is 456 g/mol. The van der Waals surface area contributed by atoms with E-state index in [9.17, 15) is 19.5 Å². The van der Waals surface area contributed by atoms with Crippen molar-refractivity contribution in [1.82, 2.24) is 4.98 Å². The van der Waals surface area contributed by atoms with Crippen molar-refractivity contribution < 1.29 is 29.0 Å². The molecule has 1 amide bonds. The maximum absolute atomic E-state index is 13.2.